The van der Waals surface area contributed by atoms with Crippen LogP contribution in [0, 0.1) is 5.92 Å². The van der Waals surface area contributed by atoms with E-state index in [9.17, 15) is 14.4 Å². The van der Waals surface area contributed by atoms with Crippen molar-refractivity contribution in [1.82, 2.24) is 26.4 Å². The van der Waals surface area contributed by atoms with Gasteiger partial charge in [-0.2, -0.15) is 0 Å². The summed E-state index contributed by atoms with van der Waals surface area (Å²) in [6.45, 7) is 8.49. The van der Waals surface area contributed by atoms with Crippen molar-refractivity contribution in [3.63, 3.8) is 0 Å². The standard InChI is InChI=1S/C17H31N5O3S/c1-5-8-17(9-6-2)14(24)22(16(25)19-17)11-13(23)20-21-15(26)18-10-7-12(3)4/h12H,5-11H2,1-4H3,(H,19,25)(H,20,23)(H2,18,21,26). The van der Waals surface area contributed by atoms with Crippen LogP contribution in [0.5, 0.6) is 0 Å². The highest BCUT2D eigenvalue weighted by molar-refractivity contribution is 7.80. The summed E-state index contributed by atoms with van der Waals surface area (Å²) in [5.41, 5.74) is 4.11. The Morgan fingerprint density at radius 2 is 1.81 bits per heavy atom. The number of hydrogen-bond donors (Lipinski definition) is 4. The molecule has 0 aliphatic carbocycles. The molecule has 0 atom stereocenters. The van der Waals surface area contributed by atoms with Gasteiger partial charge in [0.15, 0.2) is 5.11 Å². The van der Waals surface area contributed by atoms with Crippen molar-refractivity contribution >= 4 is 35.2 Å². The lowest BCUT2D eigenvalue weighted by Crippen LogP contribution is -2.51. The molecule has 0 unspecified atom stereocenters. The first-order valence-corrected chi connectivity index (χ1v) is 9.63. The van der Waals surface area contributed by atoms with E-state index in [4.69, 9.17) is 12.2 Å². The number of thiocarbonyl (C=S) groups is 1. The van der Waals surface area contributed by atoms with Gasteiger partial charge in [-0.05, 0) is 37.4 Å². The van der Waals surface area contributed by atoms with E-state index < -0.39 is 17.5 Å². The highest BCUT2D eigenvalue weighted by Crippen LogP contribution is 2.27. The van der Waals surface area contributed by atoms with E-state index in [0.29, 0.717) is 30.4 Å². The van der Waals surface area contributed by atoms with Crippen molar-refractivity contribution < 1.29 is 14.4 Å². The van der Waals surface area contributed by atoms with Crippen molar-refractivity contribution in [1.29, 1.82) is 0 Å². The molecular formula is C17H31N5O3S. The third-order valence-electron chi connectivity index (χ3n) is 4.22. The Kier molecular flexibility index (Phi) is 8.77. The number of rotatable bonds is 9. The second-order valence-electron chi connectivity index (χ2n) is 7.02. The molecule has 4 amide bonds. The van der Waals surface area contributed by atoms with Crippen molar-refractivity contribution in [2.24, 2.45) is 5.92 Å². The molecule has 8 nitrogen and oxygen atoms in total. The maximum Gasteiger partial charge on any atom is 0.325 e. The van der Waals surface area contributed by atoms with Gasteiger partial charge in [0.05, 0.1) is 0 Å². The Bertz CT molecular complexity index is 532. The highest BCUT2D eigenvalue weighted by atomic mass is 32.1. The van der Waals surface area contributed by atoms with Crippen molar-refractivity contribution in [3.05, 3.63) is 0 Å². The third-order valence-corrected chi connectivity index (χ3v) is 4.47. The fraction of sp³-hybridized carbons (Fsp3) is 0.765. The summed E-state index contributed by atoms with van der Waals surface area (Å²) in [4.78, 5) is 37.9. The molecule has 0 aromatic rings. The van der Waals surface area contributed by atoms with E-state index in [1.54, 1.807) is 0 Å². The molecule has 0 radical (unpaired) electrons. The van der Waals surface area contributed by atoms with Gasteiger partial charge >= 0.3 is 6.03 Å². The van der Waals surface area contributed by atoms with E-state index >= 15 is 0 Å². The summed E-state index contributed by atoms with van der Waals surface area (Å²) < 4.78 is 0. The summed E-state index contributed by atoms with van der Waals surface area (Å²) in [5.74, 6) is -0.296. The second kappa shape index (κ2) is 10.3. The summed E-state index contributed by atoms with van der Waals surface area (Å²) in [7, 11) is 0. The van der Waals surface area contributed by atoms with Crippen LogP contribution in [0.2, 0.25) is 0 Å². The minimum Gasteiger partial charge on any atom is -0.361 e. The van der Waals surface area contributed by atoms with Crippen LogP contribution in [0.1, 0.15) is 59.8 Å². The number of imide groups is 1. The molecule has 0 spiro atoms. The van der Waals surface area contributed by atoms with Crippen LogP contribution in [0.3, 0.4) is 0 Å². The third kappa shape index (κ3) is 6.12. The van der Waals surface area contributed by atoms with E-state index in [2.05, 4.69) is 35.3 Å². The molecule has 0 aromatic heterocycles. The number of hydrazine groups is 1. The maximum absolute atomic E-state index is 12.7. The lowest BCUT2D eigenvalue weighted by atomic mass is 9.88. The number of amides is 4. The van der Waals surface area contributed by atoms with Gasteiger partial charge in [-0.1, -0.05) is 40.5 Å². The normalized spacial score (nSPS) is 15.8. The summed E-state index contributed by atoms with van der Waals surface area (Å²) in [6.07, 6.45) is 3.61. The van der Waals surface area contributed by atoms with E-state index in [1.165, 1.54) is 0 Å². The molecule has 0 aromatic carbocycles. The molecule has 1 heterocycles. The molecule has 0 bridgehead atoms. The number of carbonyl (C=O) groups excluding carboxylic acids is 3. The molecule has 1 aliphatic rings. The molecule has 1 saturated heterocycles. The first-order valence-electron chi connectivity index (χ1n) is 9.22. The summed E-state index contributed by atoms with van der Waals surface area (Å²) in [5, 5.41) is 6.04. The fourth-order valence-electron chi connectivity index (χ4n) is 2.97. The SMILES string of the molecule is CCCC1(CCC)NC(=O)N(CC(=O)NNC(=S)NCCC(C)C)C1=O. The monoisotopic (exact) mass is 385 g/mol. The van der Waals surface area contributed by atoms with Crippen molar-refractivity contribution in [3.8, 4) is 0 Å². The van der Waals surface area contributed by atoms with Crippen LogP contribution in [0.25, 0.3) is 0 Å². The second-order valence-corrected chi connectivity index (χ2v) is 7.42. The molecule has 1 fully saturated rings. The lowest BCUT2D eigenvalue weighted by molar-refractivity contribution is -0.135. The predicted molar refractivity (Wildman–Crippen MR) is 104 cm³/mol. The van der Waals surface area contributed by atoms with Crippen molar-refractivity contribution in [2.45, 2.75) is 65.3 Å². The van der Waals surface area contributed by atoms with Gasteiger partial charge < -0.3 is 10.6 Å². The fourth-order valence-corrected chi connectivity index (χ4v) is 3.12. The maximum atomic E-state index is 12.7. The zero-order valence-corrected chi connectivity index (χ0v) is 16.9. The van der Waals surface area contributed by atoms with Gasteiger partial charge in [0.2, 0.25) is 0 Å². The van der Waals surface area contributed by atoms with Gasteiger partial charge in [0.25, 0.3) is 11.8 Å². The average Bonchev–Trinajstić information content (AvgIpc) is 2.78. The van der Waals surface area contributed by atoms with Crippen LogP contribution < -0.4 is 21.5 Å². The van der Waals surface area contributed by atoms with Crippen LogP contribution in [0.4, 0.5) is 4.79 Å². The minimum absolute atomic E-state index is 0.294. The summed E-state index contributed by atoms with van der Waals surface area (Å²) >= 11 is 5.06. The van der Waals surface area contributed by atoms with Crippen molar-refractivity contribution in [2.75, 3.05) is 13.1 Å². The largest absolute Gasteiger partial charge is 0.361 e. The number of nitrogens with zero attached hydrogens (tertiary/aromatic N) is 1. The topological polar surface area (TPSA) is 103 Å². The molecule has 9 heteroatoms. The van der Waals surface area contributed by atoms with Crippen LogP contribution in [-0.4, -0.2) is 46.5 Å². The Labute approximate surface area is 160 Å². The number of carbonyl (C=O) groups is 3. The van der Waals surface area contributed by atoms with Gasteiger partial charge in [0.1, 0.15) is 12.1 Å². The minimum atomic E-state index is -0.887. The van der Waals surface area contributed by atoms with E-state index in [-0.39, 0.29) is 12.5 Å². The average molecular weight is 386 g/mol. The van der Waals surface area contributed by atoms with E-state index in [1.807, 2.05) is 13.8 Å². The Hall–Kier alpha value is -1.90. The Balaban J connectivity index is 2.52. The van der Waals surface area contributed by atoms with Gasteiger partial charge in [-0.25, -0.2) is 4.79 Å². The van der Waals surface area contributed by atoms with Gasteiger partial charge in [0, 0.05) is 6.54 Å². The van der Waals surface area contributed by atoms with Crippen LogP contribution in [-0.2, 0) is 9.59 Å². The predicted octanol–water partition coefficient (Wildman–Crippen LogP) is 1.42. The first-order chi connectivity index (χ1) is 12.3. The number of hydrogen-bond acceptors (Lipinski definition) is 4. The molecule has 148 valence electrons. The first kappa shape index (κ1) is 22.1. The summed E-state index contributed by atoms with van der Waals surface area (Å²) in [6, 6.07) is -0.523. The number of nitrogens with one attached hydrogen (secondary N) is 4. The number of urea groups is 1. The lowest BCUT2D eigenvalue weighted by Gasteiger charge is -2.25. The van der Waals surface area contributed by atoms with Gasteiger partial charge in [-0.3, -0.25) is 25.3 Å². The Morgan fingerprint density at radius 3 is 2.35 bits per heavy atom. The molecule has 1 aliphatic heterocycles. The zero-order valence-electron chi connectivity index (χ0n) is 16.1. The molecule has 26 heavy (non-hydrogen) atoms. The molecule has 0 saturated carbocycles. The van der Waals surface area contributed by atoms with Gasteiger partial charge in [-0.15, -0.1) is 0 Å². The van der Waals surface area contributed by atoms with E-state index in [0.717, 1.165) is 24.2 Å². The van der Waals surface area contributed by atoms with Crippen LogP contribution in [0.15, 0.2) is 0 Å². The molecular weight excluding hydrogens is 354 g/mol. The molecule has 1 rings (SSSR count). The zero-order chi connectivity index (χ0) is 19.7. The highest BCUT2D eigenvalue weighted by Gasteiger charge is 2.50. The Morgan fingerprint density at radius 1 is 1.19 bits per heavy atom. The smallest absolute Gasteiger partial charge is 0.325 e. The van der Waals surface area contributed by atoms with Crippen LogP contribution >= 0.6 is 12.2 Å². The molecule has 4 N–H and O–H groups in total. The quantitative estimate of drug-likeness (QED) is 0.272.